The first kappa shape index (κ1) is 18.0. The van der Waals surface area contributed by atoms with Crippen LogP contribution in [0.2, 0.25) is 5.02 Å². The Hall–Kier alpha value is -1.77. The van der Waals surface area contributed by atoms with E-state index in [9.17, 15) is 0 Å². The number of fused-ring (bicyclic) bond motifs is 1. The first-order valence-corrected chi connectivity index (χ1v) is 9.39. The third-order valence-corrected chi connectivity index (χ3v) is 5.34. The Morgan fingerprint density at radius 1 is 0.960 bits per heavy atom. The molecule has 132 valence electrons. The van der Waals surface area contributed by atoms with Crippen molar-refractivity contribution in [3.05, 3.63) is 57.1 Å². The highest BCUT2D eigenvalue weighted by atomic mass is 35.5. The second-order valence-corrected chi connectivity index (χ2v) is 7.52. The molecule has 0 spiro atoms. The van der Waals surface area contributed by atoms with Crippen molar-refractivity contribution in [1.82, 2.24) is 4.98 Å². The van der Waals surface area contributed by atoms with Crippen molar-refractivity contribution < 1.29 is 0 Å². The van der Waals surface area contributed by atoms with Gasteiger partial charge in [-0.05, 0) is 81.8 Å². The molecule has 0 atom stereocenters. The largest absolute Gasteiger partial charge is 0.354 e. The molecular weight excluding hydrogens is 328 g/mol. The molecule has 25 heavy (non-hydrogen) atoms. The normalized spacial score (nSPS) is 11.4. The van der Waals surface area contributed by atoms with Crippen LogP contribution in [0.25, 0.3) is 22.2 Å². The quantitative estimate of drug-likeness (QED) is 0.542. The highest BCUT2D eigenvalue weighted by Crippen LogP contribution is 2.39. The number of nitrogens with two attached hydrogens (primary N) is 1. The van der Waals surface area contributed by atoms with Gasteiger partial charge in [-0.3, -0.25) is 0 Å². The average molecular weight is 355 g/mol. The molecule has 0 saturated heterocycles. The van der Waals surface area contributed by atoms with Crippen LogP contribution in [0, 0.1) is 27.7 Å². The van der Waals surface area contributed by atoms with E-state index in [0.717, 1.165) is 36.3 Å². The summed E-state index contributed by atoms with van der Waals surface area (Å²) < 4.78 is 0. The molecule has 3 heteroatoms. The van der Waals surface area contributed by atoms with Crippen molar-refractivity contribution in [3.8, 4) is 11.3 Å². The zero-order chi connectivity index (χ0) is 18.1. The Bertz CT molecular complexity index is 898. The van der Waals surface area contributed by atoms with Crippen LogP contribution in [0.1, 0.15) is 40.7 Å². The molecule has 0 aliphatic rings. The van der Waals surface area contributed by atoms with Crippen LogP contribution in [0.5, 0.6) is 0 Å². The zero-order valence-electron chi connectivity index (χ0n) is 15.6. The Morgan fingerprint density at radius 2 is 1.64 bits per heavy atom. The summed E-state index contributed by atoms with van der Waals surface area (Å²) >= 11 is 6.61. The first-order chi connectivity index (χ1) is 11.9. The SMILES string of the molecule is Cc1cc(C)c(-c2[nH]c3c(C)ccc(Cl)c3c2CCCCN)c(C)c1. The molecule has 1 aromatic heterocycles. The van der Waals surface area contributed by atoms with Crippen molar-refractivity contribution in [2.75, 3.05) is 6.54 Å². The highest BCUT2D eigenvalue weighted by Gasteiger charge is 2.19. The number of halogens is 1. The topological polar surface area (TPSA) is 41.8 Å². The maximum Gasteiger partial charge on any atom is 0.0506 e. The van der Waals surface area contributed by atoms with E-state index < -0.39 is 0 Å². The number of nitrogens with one attached hydrogen (secondary N) is 1. The van der Waals surface area contributed by atoms with Crippen LogP contribution in [-0.4, -0.2) is 11.5 Å². The van der Waals surface area contributed by atoms with Gasteiger partial charge < -0.3 is 10.7 Å². The molecule has 1 heterocycles. The second-order valence-electron chi connectivity index (χ2n) is 7.11. The van der Waals surface area contributed by atoms with Crippen LogP contribution in [0.15, 0.2) is 24.3 Å². The van der Waals surface area contributed by atoms with Crippen molar-refractivity contribution in [2.45, 2.75) is 47.0 Å². The Labute approximate surface area is 155 Å². The number of unbranched alkanes of at least 4 members (excludes halogenated alkanes) is 1. The zero-order valence-corrected chi connectivity index (χ0v) is 16.3. The molecule has 0 fully saturated rings. The lowest BCUT2D eigenvalue weighted by Crippen LogP contribution is -2.00. The number of aryl methyl sites for hydroxylation is 5. The number of aromatic nitrogens is 1. The third-order valence-electron chi connectivity index (χ3n) is 5.02. The number of aromatic amines is 1. The van der Waals surface area contributed by atoms with Crippen LogP contribution < -0.4 is 5.73 Å². The number of rotatable bonds is 5. The lowest BCUT2D eigenvalue weighted by Gasteiger charge is -2.13. The predicted molar refractivity (Wildman–Crippen MR) is 110 cm³/mol. The summed E-state index contributed by atoms with van der Waals surface area (Å²) in [7, 11) is 0. The summed E-state index contributed by atoms with van der Waals surface area (Å²) in [6.45, 7) is 9.40. The minimum absolute atomic E-state index is 0.729. The smallest absolute Gasteiger partial charge is 0.0506 e. The number of hydrogen-bond donors (Lipinski definition) is 2. The molecular formula is C22H27ClN2. The lowest BCUT2D eigenvalue weighted by molar-refractivity contribution is 0.748. The van der Waals surface area contributed by atoms with Gasteiger partial charge in [-0.2, -0.15) is 0 Å². The Balaban J connectivity index is 2.29. The standard InChI is InChI=1S/C22H27ClN2/c1-13-11-15(3)19(16(4)12-13)22-17(7-5-6-10-24)20-18(23)9-8-14(2)21(20)25-22/h8-9,11-12,25H,5-7,10,24H2,1-4H3. The number of hydrogen-bond acceptors (Lipinski definition) is 1. The van der Waals surface area contributed by atoms with Gasteiger partial charge in [-0.1, -0.05) is 35.4 Å². The van der Waals surface area contributed by atoms with Gasteiger partial charge in [0.05, 0.1) is 16.2 Å². The molecule has 0 bridgehead atoms. The van der Waals surface area contributed by atoms with E-state index in [1.807, 2.05) is 6.07 Å². The number of H-pyrrole nitrogens is 1. The van der Waals surface area contributed by atoms with Gasteiger partial charge in [0, 0.05) is 10.9 Å². The molecule has 0 radical (unpaired) electrons. The van der Waals surface area contributed by atoms with E-state index in [2.05, 4.69) is 50.9 Å². The molecule has 2 nitrogen and oxygen atoms in total. The van der Waals surface area contributed by atoms with Crippen molar-refractivity contribution >= 4 is 22.5 Å². The summed E-state index contributed by atoms with van der Waals surface area (Å²) in [5, 5.41) is 2.00. The van der Waals surface area contributed by atoms with Gasteiger partial charge in [0.25, 0.3) is 0 Å². The summed E-state index contributed by atoms with van der Waals surface area (Å²) in [5.41, 5.74) is 15.9. The summed E-state index contributed by atoms with van der Waals surface area (Å²) in [6, 6.07) is 8.61. The minimum Gasteiger partial charge on any atom is -0.354 e. The number of benzene rings is 2. The monoisotopic (exact) mass is 354 g/mol. The fraction of sp³-hybridized carbons (Fsp3) is 0.364. The van der Waals surface area contributed by atoms with E-state index in [-0.39, 0.29) is 0 Å². The van der Waals surface area contributed by atoms with Crippen LogP contribution in [-0.2, 0) is 6.42 Å². The van der Waals surface area contributed by atoms with Crippen LogP contribution in [0.4, 0.5) is 0 Å². The molecule has 0 aliphatic heterocycles. The van der Waals surface area contributed by atoms with E-state index >= 15 is 0 Å². The summed E-state index contributed by atoms with van der Waals surface area (Å²) in [4.78, 5) is 3.70. The second kappa shape index (κ2) is 7.23. The summed E-state index contributed by atoms with van der Waals surface area (Å²) in [5.74, 6) is 0. The molecule has 2 aromatic carbocycles. The van der Waals surface area contributed by atoms with Crippen molar-refractivity contribution in [1.29, 1.82) is 0 Å². The van der Waals surface area contributed by atoms with E-state index in [1.165, 1.54) is 44.5 Å². The van der Waals surface area contributed by atoms with Crippen LogP contribution >= 0.6 is 11.6 Å². The lowest BCUT2D eigenvalue weighted by atomic mass is 9.93. The van der Waals surface area contributed by atoms with E-state index in [4.69, 9.17) is 17.3 Å². The molecule has 3 N–H and O–H groups in total. The van der Waals surface area contributed by atoms with Gasteiger partial charge in [0.2, 0.25) is 0 Å². The fourth-order valence-electron chi connectivity index (χ4n) is 3.95. The van der Waals surface area contributed by atoms with Gasteiger partial charge in [0.15, 0.2) is 0 Å². The summed E-state index contributed by atoms with van der Waals surface area (Å²) in [6.07, 6.45) is 3.09. The molecule has 0 aliphatic carbocycles. The Morgan fingerprint density at radius 3 is 2.28 bits per heavy atom. The highest BCUT2D eigenvalue weighted by molar-refractivity contribution is 6.36. The van der Waals surface area contributed by atoms with Gasteiger partial charge >= 0.3 is 0 Å². The fourth-order valence-corrected chi connectivity index (χ4v) is 4.22. The van der Waals surface area contributed by atoms with Gasteiger partial charge in [-0.25, -0.2) is 0 Å². The van der Waals surface area contributed by atoms with Gasteiger partial charge in [-0.15, -0.1) is 0 Å². The molecule has 3 rings (SSSR count). The van der Waals surface area contributed by atoms with Crippen molar-refractivity contribution in [3.63, 3.8) is 0 Å². The van der Waals surface area contributed by atoms with Crippen molar-refractivity contribution in [2.24, 2.45) is 5.73 Å². The first-order valence-electron chi connectivity index (χ1n) is 9.02. The molecule has 0 unspecified atom stereocenters. The maximum absolute atomic E-state index is 6.61. The Kier molecular flexibility index (Phi) is 5.21. The van der Waals surface area contributed by atoms with E-state index in [1.54, 1.807) is 0 Å². The van der Waals surface area contributed by atoms with Gasteiger partial charge in [0.1, 0.15) is 0 Å². The van der Waals surface area contributed by atoms with Crippen LogP contribution in [0.3, 0.4) is 0 Å². The molecule has 0 saturated carbocycles. The predicted octanol–water partition coefficient (Wildman–Crippen LogP) is 6.00. The molecule has 3 aromatic rings. The average Bonchev–Trinajstić information content (AvgIpc) is 2.91. The maximum atomic E-state index is 6.61. The molecule has 0 amide bonds. The van der Waals surface area contributed by atoms with E-state index in [0.29, 0.717) is 0 Å². The third kappa shape index (κ3) is 3.33. The minimum atomic E-state index is 0.729.